The van der Waals surface area contributed by atoms with Crippen molar-refractivity contribution in [2.75, 3.05) is 6.54 Å². The molecular formula is C15H26N2S. The third kappa shape index (κ3) is 3.12. The lowest BCUT2D eigenvalue weighted by Crippen LogP contribution is -2.29. The number of hydrogen-bond donors (Lipinski definition) is 1. The Bertz CT molecular complexity index is 401. The van der Waals surface area contributed by atoms with Crippen molar-refractivity contribution in [2.24, 2.45) is 0 Å². The van der Waals surface area contributed by atoms with Crippen LogP contribution in [0.1, 0.15) is 69.0 Å². The lowest BCUT2D eigenvalue weighted by molar-refractivity contribution is 0.471. The lowest BCUT2D eigenvalue weighted by Gasteiger charge is -2.22. The van der Waals surface area contributed by atoms with E-state index in [0.29, 0.717) is 12.0 Å². The van der Waals surface area contributed by atoms with E-state index in [1.807, 2.05) is 11.3 Å². The van der Waals surface area contributed by atoms with Crippen LogP contribution >= 0.6 is 11.3 Å². The summed E-state index contributed by atoms with van der Waals surface area (Å²) in [7, 11) is 0. The zero-order chi connectivity index (χ0) is 13.3. The molecule has 102 valence electrons. The average Bonchev–Trinajstić information content (AvgIpc) is 2.69. The van der Waals surface area contributed by atoms with Gasteiger partial charge in [0.1, 0.15) is 0 Å². The molecular weight excluding hydrogens is 240 g/mol. The first-order chi connectivity index (χ1) is 8.38. The molecule has 1 aromatic heterocycles. The van der Waals surface area contributed by atoms with Crippen LogP contribution < -0.4 is 5.32 Å². The van der Waals surface area contributed by atoms with Crippen molar-refractivity contribution in [3.05, 3.63) is 15.6 Å². The molecule has 1 aliphatic rings. The lowest BCUT2D eigenvalue weighted by atomic mass is 9.90. The Labute approximate surface area is 115 Å². The summed E-state index contributed by atoms with van der Waals surface area (Å²) in [5.74, 6) is 0.628. The first kappa shape index (κ1) is 14.0. The molecule has 0 fully saturated rings. The van der Waals surface area contributed by atoms with Gasteiger partial charge >= 0.3 is 0 Å². The zero-order valence-electron chi connectivity index (χ0n) is 12.3. The molecule has 0 aromatic carbocycles. The van der Waals surface area contributed by atoms with E-state index in [2.05, 4.69) is 39.9 Å². The van der Waals surface area contributed by atoms with Gasteiger partial charge in [0.2, 0.25) is 0 Å². The highest BCUT2D eigenvalue weighted by molar-refractivity contribution is 7.11. The van der Waals surface area contributed by atoms with Crippen LogP contribution in [0.25, 0.3) is 0 Å². The maximum atomic E-state index is 4.96. The highest BCUT2D eigenvalue weighted by Crippen LogP contribution is 2.38. The second-order valence-corrected chi connectivity index (χ2v) is 7.81. The van der Waals surface area contributed by atoms with Crippen molar-refractivity contribution in [2.45, 2.75) is 71.3 Å². The van der Waals surface area contributed by atoms with Crippen molar-refractivity contribution >= 4 is 11.3 Å². The topological polar surface area (TPSA) is 24.9 Å². The van der Waals surface area contributed by atoms with Gasteiger partial charge in [-0.15, -0.1) is 11.3 Å². The van der Waals surface area contributed by atoms with Crippen LogP contribution in [-0.2, 0) is 11.8 Å². The van der Waals surface area contributed by atoms with Gasteiger partial charge in [0.25, 0.3) is 0 Å². The fourth-order valence-corrected chi connectivity index (χ4v) is 3.65. The van der Waals surface area contributed by atoms with Crippen LogP contribution in [0.3, 0.4) is 0 Å². The van der Waals surface area contributed by atoms with Gasteiger partial charge in [-0.25, -0.2) is 4.98 Å². The summed E-state index contributed by atoms with van der Waals surface area (Å²) in [4.78, 5) is 6.50. The van der Waals surface area contributed by atoms with E-state index in [1.54, 1.807) is 4.88 Å². The van der Waals surface area contributed by atoms with Crippen LogP contribution in [0.4, 0.5) is 0 Å². The number of nitrogens with zero attached hydrogens (tertiary/aromatic N) is 1. The molecule has 1 aromatic rings. The van der Waals surface area contributed by atoms with Gasteiger partial charge < -0.3 is 5.32 Å². The van der Waals surface area contributed by atoms with E-state index >= 15 is 0 Å². The standard InChI is InChI=1S/C15H26N2S/c1-10(2)16-9-11-7-6-8-12-13(11)17-14(18-12)15(3,4)5/h10-11,16H,6-9H2,1-5H3. The molecule has 1 atom stereocenters. The van der Waals surface area contributed by atoms with Gasteiger partial charge in [-0.2, -0.15) is 0 Å². The number of thiazole rings is 1. The number of fused-ring (bicyclic) bond motifs is 1. The molecule has 0 saturated heterocycles. The van der Waals surface area contributed by atoms with Crippen molar-refractivity contribution in [3.8, 4) is 0 Å². The number of aromatic nitrogens is 1. The van der Waals surface area contributed by atoms with Gasteiger partial charge in [0, 0.05) is 28.8 Å². The number of aryl methyl sites for hydroxylation is 1. The van der Waals surface area contributed by atoms with Crippen molar-refractivity contribution in [1.82, 2.24) is 10.3 Å². The van der Waals surface area contributed by atoms with Crippen LogP contribution in [0.5, 0.6) is 0 Å². The maximum Gasteiger partial charge on any atom is 0.0984 e. The third-order valence-corrected chi connectivity index (χ3v) is 5.04. The predicted octanol–water partition coefficient (Wildman–Crippen LogP) is 3.86. The summed E-state index contributed by atoms with van der Waals surface area (Å²) >= 11 is 1.94. The van der Waals surface area contributed by atoms with Gasteiger partial charge in [0.15, 0.2) is 0 Å². The minimum Gasteiger partial charge on any atom is -0.314 e. The summed E-state index contributed by atoms with van der Waals surface area (Å²) in [6.07, 6.45) is 3.85. The molecule has 0 amide bonds. The molecule has 1 N–H and O–H groups in total. The molecule has 2 nitrogen and oxygen atoms in total. The monoisotopic (exact) mass is 266 g/mol. The fraction of sp³-hybridized carbons (Fsp3) is 0.800. The summed E-state index contributed by atoms with van der Waals surface area (Å²) in [5, 5.41) is 4.88. The summed E-state index contributed by atoms with van der Waals surface area (Å²) in [6.45, 7) is 12.3. The van der Waals surface area contributed by atoms with E-state index < -0.39 is 0 Å². The average molecular weight is 266 g/mol. The molecule has 18 heavy (non-hydrogen) atoms. The first-order valence-corrected chi connectivity index (χ1v) is 7.93. The van der Waals surface area contributed by atoms with E-state index in [4.69, 9.17) is 4.98 Å². The molecule has 2 rings (SSSR count). The van der Waals surface area contributed by atoms with Crippen molar-refractivity contribution < 1.29 is 0 Å². The van der Waals surface area contributed by atoms with Crippen molar-refractivity contribution in [3.63, 3.8) is 0 Å². The summed E-state index contributed by atoms with van der Waals surface area (Å²) in [6, 6.07) is 0.566. The smallest absolute Gasteiger partial charge is 0.0984 e. The molecule has 0 bridgehead atoms. The molecule has 0 radical (unpaired) electrons. The second-order valence-electron chi connectivity index (χ2n) is 6.73. The van der Waals surface area contributed by atoms with Gasteiger partial charge in [-0.3, -0.25) is 0 Å². The second kappa shape index (κ2) is 5.30. The Hall–Kier alpha value is -0.410. The maximum absolute atomic E-state index is 4.96. The normalized spacial score (nSPS) is 20.2. The molecule has 0 aliphatic heterocycles. The number of nitrogens with one attached hydrogen (secondary N) is 1. The molecule has 0 saturated carbocycles. The highest BCUT2D eigenvalue weighted by atomic mass is 32.1. The van der Waals surface area contributed by atoms with Gasteiger partial charge in [0.05, 0.1) is 10.7 Å². The van der Waals surface area contributed by atoms with Gasteiger partial charge in [-0.05, 0) is 19.3 Å². The van der Waals surface area contributed by atoms with Crippen LogP contribution in [-0.4, -0.2) is 17.6 Å². The Morgan fingerprint density at radius 1 is 1.39 bits per heavy atom. The van der Waals surface area contributed by atoms with Crippen LogP contribution in [0, 0.1) is 0 Å². The molecule has 0 spiro atoms. The zero-order valence-corrected chi connectivity index (χ0v) is 13.2. The fourth-order valence-electron chi connectivity index (χ4n) is 2.40. The Balaban J connectivity index is 2.18. The Kier molecular flexibility index (Phi) is 4.12. The Morgan fingerprint density at radius 2 is 2.11 bits per heavy atom. The molecule has 1 unspecified atom stereocenters. The quantitative estimate of drug-likeness (QED) is 0.898. The molecule has 1 aliphatic carbocycles. The SMILES string of the molecule is CC(C)NCC1CCCc2sc(C(C)(C)C)nc21. The molecule has 3 heteroatoms. The number of hydrogen-bond acceptors (Lipinski definition) is 3. The van der Waals surface area contributed by atoms with Crippen LogP contribution in [0.2, 0.25) is 0 Å². The predicted molar refractivity (Wildman–Crippen MR) is 79.6 cm³/mol. The van der Waals surface area contributed by atoms with E-state index in [9.17, 15) is 0 Å². The molecule has 1 heterocycles. The minimum atomic E-state index is 0.192. The summed E-state index contributed by atoms with van der Waals surface area (Å²) < 4.78 is 0. The Morgan fingerprint density at radius 3 is 2.72 bits per heavy atom. The summed E-state index contributed by atoms with van der Waals surface area (Å²) in [5.41, 5.74) is 1.59. The van der Waals surface area contributed by atoms with Crippen LogP contribution in [0.15, 0.2) is 0 Å². The number of rotatable bonds is 3. The van der Waals surface area contributed by atoms with E-state index in [1.165, 1.54) is 30.0 Å². The van der Waals surface area contributed by atoms with E-state index in [-0.39, 0.29) is 5.41 Å². The van der Waals surface area contributed by atoms with Gasteiger partial charge in [-0.1, -0.05) is 34.6 Å². The third-order valence-electron chi connectivity index (χ3n) is 3.48. The minimum absolute atomic E-state index is 0.192. The first-order valence-electron chi connectivity index (χ1n) is 7.11. The largest absolute Gasteiger partial charge is 0.314 e. The van der Waals surface area contributed by atoms with E-state index in [0.717, 1.165) is 6.54 Å². The highest BCUT2D eigenvalue weighted by Gasteiger charge is 2.28. The van der Waals surface area contributed by atoms with Crippen molar-refractivity contribution in [1.29, 1.82) is 0 Å².